The maximum absolute atomic E-state index is 11.5. The van der Waals surface area contributed by atoms with Crippen molar-refractivity contribution in [1.29, 1.82) is 0 Å². The maximum atomic E-state index is 11.5. The van der Waals surface area contributed by atoms with Crippen molar-refractivity contribution in [1.82, 2.24) is 5.32 Å². The van der Waals surface area contributed by atoms with Gasteiger partial charge in [0.15, 0.2) is 0 Å². The van der Waals surface area contributed by atoms with Gasteiger partial charge >= 0.3 is 0 Å². The second-order valence-electron chi connectivity index (χ2n) is 5.66. The molecule has 1 amide bonds. The monoisotopic (exact) mass is 260 g/mol. The molecule has 3 N–H and O–H groups in total. The number of rotatable bonds is 5. The molecule has 104 valence electrons. The van der Waals surface area contributed by atoms with Gasteiger partial charge in [0.2, 0.25) is 5.91 Å². The molecule has 2 aliphatic carbocycles. The third-order valence-corrected chi connectivity index (χ3v) is 4.08. The first-order valence-electron chi connectivity index (χ1n) is 7.13. The lowest BCUT2D eigenvalue weighted by atomic mass is 9.82. The number of hydrogen-bond acceptors (Lipinski definition) is 2. The van der Waals surface area contributed by atoms with E-state index in [2.05, 4.69) is 43.5 Å². The Balaban J connectivity index is 2.10. The van der Waals surface area contributed by atoms with Crippen LogP contribution in [0.25, 0.3) is 0 Å². The standard InChI is InChI=1S/C16H24N2O/c1-3-4-5-13-6-7-14(12(2)10-13)16(8-9-16)18-15(19)11-17/h3-4,6-7,12H,5,8-11,17H2,1-2H3,(H,18,19)/b4-3+. The van der Waals surface area contributed by atoms with Crippen LogP contribution in [-0.2, 0) is 4.79 Å². The molecule has 19 heavy (non-hydrogen) atoms. The molecule has 3 heteroatoms. The lowest BCUT2D eigenvalue weighted by molar-refractivity contribution is -0.120. The molecule has 1 atom stereocenters. The zero-order valence-corrected chi connectivity index (χ0v) is 11.9. The van der Waals surface area contributed by atoms with Crippen LogP contribution in [0.1, 0.15) is 39.5 Å². The van der Waals surface area contributed by atoms with Gasteiger partial charge < -0.3 is 11.1 Å². The van der Waals surface area contributed by atoms with Gasteiger partial charge in [-0.2, -0.15) is 0 Å². The summed E-state index contributed by atoms with van der Waals surface area (Å²) in [5.74, 6) is 0.458. The van der Waals surface area contributed by atoms with Crippen LogP contribution in [-0.4, -0.2) is 18.0 Å². The quantitative estimate of drug-likeness (QED) is 0.746. The summed E-state index contributed by atoms with van der Waals surface area (Å²) in [4.78, 5) is 11.5. The van der Waals surface area contributed by atoms with Crippen LogP contribution in [0.5, 0.6) is 0 Å². The highest BCUT2D eigenvalue weighted by molar-refractivity contribution is 5.79. The summed E-state index contributed by atoms with van der Waals surface area (Å²) in [6, 6.07) is 0. The minimum absolute atomic E-state index is 0.0470. The van der Waals surface area contributed by atoms with Crippen LogP contribution < -0.4 is 11.1 Å². The van der Waals surface area contributed by atoms with Crippen molar-refractivity contribution in [3.8, 4) is 0 Å². The molecule has 0 bridgehead atoms. The molecule has 0 heterocycles. The Morgan fingerprint density at radius 1 is 1.53 bits per heavy atom. The van der Waals surface area contributed by atoms with Crippen LogP contribution in [0.4, 0.5) is 0 Å². The first kappa shape index (κ1) is 14.1. The Bertz CT molecular complexity index is 442. The number of hydrogen-bond donors (Lipinski definition) is 2. The SMILES string of the molecule is C/C=C/CC1=CC=C(C2(NC(=O)CN)CC2)C(C)C1. The van der Waals surface area contributed by atoms with E-state index in [0.29, 0.717) is 5.92 Å². The van der Waals surface area contributed by atoms with E-state index in [1.54, 1.807) is 0 Å². The zero-order valence-electron chi connectivity index (χ0n) is 11.9. The Kier molecular flexibility index (Phi) is 4.25. The predicted molar refractivity (Wildman–Crippen MR) is 78.5 cm³/mol. The molecular formula is C16H24N2O. The molecule has 0 aromatic heterocycles. The molecule has 1 unspecified atom stereocenters. The highest BCUT2D eigenvalue weighted by atomic mass is 16.2. The van der Waals surface area contributed by atoms with Crippen molar-refractivity contribution in [3.05, 3.63) is 35.5 Å². The lowest BCUT2D eigenvalue weighted by Gasteiger charge is -2.29. The Morgan fingerprint density at radius 3 is 2.79 bits per heavy atom. The molecule has 1 fully saturated rings. The third-order valence-electron chi connectivity index (χ3n) is 4.08. The van der Waals surface area contributed by atoms with Crippen molar-refractivity contribution in [3.63, 3.8) is 0 Å². The van der Waals surface area contributed by atoms with Gasteiger partial charge in [-0.1, -0.05) is 36.8 Å². The van der Waals surface area contributed by atoms with Gasteiger partial charge in [0.05, 0.1) is 12.1 Å². The number of carbonyl (C=O) groups is 1. The van der Waals surface area contributed by atoms with Crippen molar-refractivity contribution in [2.24, 2.45) is 11.7 Å². The summed E-state index contributed by atoms with van der Waals surface area (Å²) in [5.41, 5.74) is 8.15. The van der Waals surface area contributed by atoms with E-state index in [1.165, 1.54) is 11.1 Å². The van der Waals surface area contributed by atoms with Gasteiger partial charge in [-0.05, 0) is 44.1 Å². The van der Waals surface area contributed by atoms with Crippen LogP contribution in [0.3, 0.4) is 0 Å². The fraction of sp³-hybridized carbons (Fsp3) is 0.562. The first-order chi connectivity index (χ1) is 9.11. The Hall–Kier alpha value is -1.35. The number of allylic oxidation sites excluding steroid dienone is 5. The second kappa shape index (κ2) is 5.74. The van der Waals surface area contributed by atoms with Gasteiger partial charge in [-0.15, -0.1) is 0 Å². The minimum Gasteiger partial charge on any atom is -0.346 e. The molecule has 2 rings (SSSR count). The van der Waals surface area contributed by atoms with Gasteiger partial charge in [-0.25, -0.2) is 0 Å². The molecule has 0 saturated heterocycles. The van der Waals surface area contributed by atoms with Crippen LogP contribution in [0.15, 0.2) is 35.5 Å². The molecular weight excluding hydrogens is 236 g/mol. The number of nitrogens with one attached hydrogen (secondary N) is 1. The number of nitrogens with two attached hydrogens (primary N) is 1. The molecule has 2 aliphatic rings. The summed E-state index contributed by atoms with van der Waals surface area (Å²) in [7, 11) is 0. The van der Waals surface area contributed by atoms with E-state index in [9.17, 15) is 4.79 Å². The lowest BCUT2D eigenvalue weighted by Crippen LogP contribution is -2.43. The third kappa shape index (κ3) is 3.16. The number of amides is 1. The van der Waals surface area contributed by atoms with E-state index in [0.717, 1.165) is 25.7 Å². The van der Waals surface area contributed by atoms with E-state index >= 15 is 0 Å². The highest BCUT2D eigenvalue weighted by Gasteiger charge is 2.48. The topological polar surface area (TPSA) is 55.1 Å². The largest absolute Gasteiger partial charge is 0.346 e. The van der Waals surface area contributed by atoms with Gasteiger partial charge in [0, 0.05) is 0 Å². The molecule has 0 spiro atoms. The Labute approximate surface area is 115 Å². The average molecular weight is 260 g/mol. The average Bonchev–Trinajstić information content (AvgIpc) is 3.16. The van der Waals surface area contributed by atoms with Crippen LogP contribution >= 0.6 is 0 Å². The van der Waals surface area contributed by atoms with E-state index < -0.39 is 0 Å². The van der Waals surface area contributed by atoms with E-state index in [-0.39, 0.29) is 18.0 Å². The fourth-order valence-electron chi connectivity index (χ4n) is 2.92. The van der Waals surface area contributed by atoms with E-state index in [1.807, 2.05) is 0 Å². The second-order valence-corrected chi connectivity index (χ2v) is 5.66. The van der Waals surface area contributed by atoms with Crippen molar-refractivity contribution in [2.75, 3.05) is 6.54 Å². The van der Waals surface area contributed by atoms with Gasteiger partial charge in [0.1, 0.15) is 0 Å². The van der Waals surface area contributed by atoms with Crippen molar-refractivity contribution in [2.45, 2.75) is 45.1 Å². The zero-order chi connectivity index (χ0) is 13.9. The summed E-state index contributed by atoms with van der Waals surface area (Å²) in [6.45, 7) is 4.38. The molecule has 0 aromatic rings. The van der Waals surface area contributed by atoms with Gasteiger partial charge in [0.25, 0.3) is 0 Å². The predicted octanol–water partition coefficient (Wildman–Crippen LogP) is 2.45. The summed E-state index contributed by atoms with van der Waals surface area (Å²) >= 11 is 0. The van der Waals surface area contributed by atoms with Crippen LogP contribution in [0, 0.1) is 5.92 Å². The number of carbonyl (C=O) groups excluding carboxylic acids is 1. The van der Waals surface area contributed by atoms with Gasteiger partial charge in [-0.3, -0.25) is 4.79 Å². The van der Waals surface area contributed by atoms with Crippen molar-refractivity contribution >= 4 is 5.91 Å². The summed E-state index contributed by atoms with van der Waals surface area (Å²) < 4.78 is 0. The first-order valence-corrected chi connectivity index (χ1v) is 7.13. The Morgan fingerprint density at radius 2 is 2.26 bits per heavy atom. The normalized spacial score (nSPS) is 24.9. The fourth-order valence-corrected chi connectivity index (χ4v) is 2.92. The maximum Gasteiger partial charge on any atom is 0.234 e. The van der Waals surface area contributed by atoms with Crippen LogP contribution in [0.2, 0.25) is 0 Å². The molecule has 3 nitrogen and oxygen atoms in total. The summed E-state index contributed by atoms with van der Waals surface area (Å²) in [6.07, 6.45) is 13.0. The highest BCUT2D eigenvalue weighted by Crippen LogP contribution is 2.47. The smallest absolute Gasteiger partial charge is 0.234 e. The molecule has 0 aromatic carbocycles. The summed E-state index contributed by atoms with van der Waals surface area (Å²) in [5, 5.41) is 3.10. The van der Waals surface area contributed by atoms with Crippen molar-refractivity contribution < 1.29 is 4.79 Å². The molecule has 0 radical (unpaired) electrons. The molecule has 1 saturated carbocycles. The minimum atomic E-state index is -0.0848. The molecule has 0 aliphatic heterocycles. The van der Waals surface area contributed by atoms with E-state index in [4.69, 9.17) is 5.73 Å².